The number of ether oxygens (including phenoxy) is 1. The molecule has 0 bridgehead atoms. The molecule has 0 spiro atoms. The molecule has 0 aliphatic heterocycles. The number of nitrogens with one attached hydrogen (secondary N) is 1. The molecular formula is C13H20FN3O2. The van der Waals surface area contributed by atoms with E-state index in [1.807, 2.05) is 13.8 Å². The van der Waals surface area contributed by atoms with Crippen LogP contribution in [0.4, 0.5) is 4.39 Å². The first-order valence-electron chi connectivity index (χ1n) is 6.16. The number of hydrogen-bond acceptors (Lipinski definition) is 4. The number of amidine groups is 1. The predicted octanol–water partition coefficient (Wildman–Crippen LogP) is 1.43. The van der Waals surface area contributed by atoms with Crippen LogP contribution in [0.3, 0.4) is 0 Å². The van der Waals surface area contributed by atoms with E-state index in [4.69, 9.17) is 15.7 Å². The third-order valence-corrected chi connectivity index (χ3v) is 2.57. The molecule has 106 valence electrons. The molecule has 1 atom stereocenters. The Hall–Kier alpha value is -1.66. The van der Waals surface area contributed by atoms with Crippen LogP contribution in [0.1, 0.15) is 25.0 Å². The summed E-state index contributed by atoms with van der Waals surface area (Å²) in [5, 5.41) is 14.6. The number of nitrogens with two attached hydrogens (primary N) is 1. The molecule has 6 heteroatoms. The second-order valence-electron chi connectivity index (χ2n) is 4.23. The van der Waals surface area contributed by atoms with E-state index in [9.17, 15) is 4.39 Å². The molecule has 0 aromatic heterocycles. The highest BCUT2D eigenvalue weighted by Gasteiger charge is 2.06. The minimum atomic E-state index is -0.418. The van der Waals surface area contributed by atoms with E-state index >= 15 is 0 Å². The van der Waals surface area contributed by atoms with Gasteiger partial charge < -0.3 is 21.0 Å². The van der Waals surface area contributed by atoms with Gasteiger partial charge in [0.1, 0.15) is 5.82 Å². The van der Waals surface area contributed by atoms with Crippen molar-refractivity contribution in [2.24, 2.45) is 10.9 Å². The fourth-order valence-electron chi connectivity index (χ4n) is 1.72. The Bertz CT molecular complexity index is 438. The van der Waals surface area contributed by atoms with Crippen LogP contribution in [-0.2, 0) is 11.3 Å². The Labute approximate surface area is 112 Å². The van der Waals surface area contributed by atoms with Crippen molar-refractivity contribution in [3.63, 3.8) is 0 Å². The van der Waals surface area contributed by atoms with Crippen molar-refractivity contribution in [3.8, 4) is 0 Å². The van der Waals surface area contributed by atoms with Gasteiger partial charge in [0.05, 0.1) is 6.10 Å². The third kappa shape index (κ3) is 5.23. The van der Waals surface area contributed by atoms with E-state index < -0.39 is 5.82 Å². The highest BCUT2D eigenvalue weighted by atomic mass is 19.1. The molecule has 1 aromatic rings. The van der Waals surface area contributed by atoms with Crippen molar-refractivity contribution in [1.29, 1.82) is 0 Å². The van der Waals surface area contributed by atoms with Crippen LogP contribution >= 0.6 is 0 Å². The van der Waals surface area contributed by atoms with E-state index in [1.165, 1.54) is 12.1 Å². The number of rotatable bonds is 7. The summed E-state index contributed by atoms with van der Waals surface area (Å²) in [5.74, 6) is -0.526. The van der Waals surface area contributed by atoms with Crippen LogP contribution in [0.15, 0.2) is 23.4 Å². The summed E-state index contributed by atoms with van der Waals surface area (Å²) in [6, 6.07) is 4.31. The quantitative estimate of drug-likeness (QED) is 0.303. The van der Waals surface area contributed by atoms with Crippen LogP contribution < -0.4 is 11.1 Å². The van der Waals surface area contributed by atoms with Gasteiger partial charge in [-0.1, -0.05) is 5.16 Å². The van der Waals surface area contributed by atoms with Crippen LogP contribution in [0.5, 0.6) is 0 Å². The minimum Gasteiger partial charge on any atom is -0.409 e. The number of hydrogen-bond donors (Lipinski definition) is 3. The van der Waals surface area contributed by atoms with Crippen LogP contribution in [0, 0.1) is 5.82 Å². The summed E-state index contributed by atoms with van der Waals surface area (Å²) < 4.78 is 18.8. The van der Waals surface area contributed by atoms with Gasteiger partial charge in [-0.05, 0) is 37.6 Å². The Balaban J connectivity index is 2.61. The van der Waals surface area contributed by atoms with Gasteiger partial charge in [0.2, 0.25) is 0 Å². The Kier molecular flexibility index (Phi) is 6.24. The molecule has 0 heterocycles. The molecule has 19 heavy (non-hydrogen) atoms. The highest BCUT2D eigenvalue weighted by molar-refractivity contribution is 5.97. The molecule has 0 aliphatic carbocycles. The molecule has 1 unspecified atom stereocenters. The standard InChI is InChI=1S/C13H20FN3O2/c1-3-19-9(2)7-16-8-10-4-11(13(15)17-18)6-12(14)5-10/h4-6,9,16,18H,3,7-8H2,1-2H3,(H2,15,17). The van der Waals surface area contributed by atoms with Gasteiger partial charge >= 0.3 is 0 Å². The molecule has 5 nitrogen and oxygen atoms in total. The lowest BCUT2D eigenvalue weighted by molar-refractivity contribution is 0.0759. The van der Waals surface area contributed by atoms with Crippen LogP contribution in [-0.4, -0.2) is 30.3 Å². The first-order chi connectivity index (χ1) is 9.06. The first kappa shape index (κ1) is 15.4. The fraction of sp³-hybridized carbons (Fsp3) is 0.462. The summed E-state index contributed by atoms with van der Waals surface area (Å²) in [5.41, 5.74) is 6.53. The topological polar surface area (TPSA) is 79.9 Å². The van der Waals surface area contributed by atoms with Crippen molar-refractivity contribution in [2.45, 2.75) is 26.5 Å². The van der Waals surface area contributed by atoms with Crippen LogP contribution in [0.2, 0.25) is 0 Å². The number of halogens is 1. The average Bonchev–Trinajstić information content (AvgIpc) is 2.37. The van der Waals surface area contributed by atoms with Crippen molar-refractivity contribution in [1.82, 2.24) is 5.32 Å². The largest absolute Gasteiger partial charge is 0.409 e. The first-order valence-corrected chi connectivity index (χ1v) is 6.16. The van der Waals surface area contributed by atoms with Gasteiger partial charge in [-0.3, -0.25) is 0 Å². The second-order valence-corrected chi connectivity index (χ2v) is 4.23. The van der Waals surface area contributed by atoms with Crippen molar-refractivity contribution in [3.05, 3.63) is 35.1 Å². The lowest BCUT2D eigenvalue weighted by atomic mass is 10.1. The molecule has 0 radical (unpaired) electrons. The summed E-state index contributed by atoms with van der Waals surface area (Å²) in [7, 11) is 0. The van der Waals surface area contributed by atoms with Crippen molar-refractivity contribution >= 4 is 5.84 Å². The molecular weight excluding hydrogens is 249 g/mol. The molecule has 1 aromatic carbocycles. The maximum Gasteiger partial charge on any atom is 0.170 e. The van der Waals surface area contributed by atoms with E-state index in [1.54, 1.807) is 6.07 Å². The Morgan fingerprint density at radius 1 is 1.53 bits per heavy atom. The fourth-order valence-corrected chi connectivity index (χ4v) is 1.72. The van der Waals surface area contributed by atoms with Gasteiger partial charge in [-0.2, -0.15) is 0 Å². The van der Waals surface area contributed by atoms with E-state index in [0.717, 1.165) is 5.56 Å². The summed E-state index contributed by atoms with van der Waals surface area (Å²) in [6.07, 6.45) is 0.0992. The predicted molar refractivity (Wildman–Crippen MR) is 71.7 cm³/mol. The van der Waals surface area contributed by atoms with E-state index in [2.05, 4.69) is 10.5 Å². The summed E-state index contributed by atoms with van der Waals surface area (Å²) >= 11 is 0. The number of nitrogens with zero attached hydrogens (tertiary/aromatic N) is 1. The SMILES string of the molecule is CCOC(C)CNCc1cc(F)cc(/C(N)=N/O)c1. The summed E-state index contributed by atoms with van der Waals surface area (Å²) in [6.45, 7) is 5.72. The van der Waals surface area contributed by atoms with Crippen molar-refractivity contribution in [2.75, 3.05) is 13.2 Å². The average molecular weight is 269 g/mol. The Morgan fingerprint density at radius 3 is 2.89 bits per heavy atom. The zero-order chi connectivity index (χ0) is 14.3. The molecule has 0 saturated carbocycles. The van der Waals surface area contributed by atoms with Gasteiger partial charge in [-0.15, -0.1) is 0 Å². The monoisotopic (exact) mass is 269 g/mol. The molecule has 0 saturated heterocycles. The van der Waals surface area contributed by atoms with E-state index in [0.29, 0.717) is 25.3 Å². The molecule has 0 amide bonds. The van der Waals surface area contributed by atoms with Gasteiger partial charge in [0.15, 0.2) is 5.84 Å². The molecule has 1 rings (SSSR count). The van der Waals surface area contributed by atoms with E-state index in [-0.39, 0.29) is 11.9 Å². The number of benzene rings is 1. The summed E-state index contributed by atoms with van der Waals surface area (Å²) in [4.78, 5) is 0. The lowest BCUT2D eigenvalue weighted by Gasteiger charge is -2.13. The third-order valence-electron chi connectivity index (χ3n) is 2.57. The maximum atomic E-state index is 13.4. The smallest absolute Gasteiger partial charge is 0.170 e. The van der Waals surface area contributed by atoms with Gasteiger partial charge in [-0.25, -0.2) is 4.39 Å². The molecule has 0 aliphatic rings. The lowest BCUT2D eigenvalue weighted by Crippen LogP contribution is -2.26. The van der Waals surface area contributed by atoms with Crippen LogP contribution in [0.25, 0.3) is 0 Å². The van der Waals surface area contributed by atoms with Crippen molar-refractivity contribution < 1.29 is 14.3 Å². The Morgan fingerprint density at radius 2 is 2.26 bits per heavy atom. The number of oxime groups is 1. The zero-order valence-electron chi connectivity index (χ0n) is 11.2. The molecule has 4 N–H and O–H groups in total. The molecule has 0 fully saturated rings. The maximum absolute atomic E-state index is 13.4. The normalized spacial score (nSPS) is 13.5. The minimum absolute atomic E-state index is 0.0992. The van der Waals surface area contributed by atoms with Gasteiger partial charge in [0, 0.05) is 25.3 Å². The second kappa shape index (κ2) is 7.70. The van der Waals surface area contributed by atoms with Gasteiger partial charge in [0.25, 0.3) is 0 Å². The highest BCUT2D eigenvalue weighted by Crippen LogP contribution is 2.09. The zero-order valence-corrected chi connectivity index (χ0v) is 11.2.